The van der Waals surface area contributed by atoms with Gasteiger partial charge in [-0.15, -0.1) is 0 Å². The summed E-state index contributed by atoms with van der Waals surface area (Å²) in [5.74, 6) is -2.44. The van der Waals surface area contributed by atoms with E-state index in [1.807, 2.05) is 27.7 Å². The molecule has 4 aliphatic heterocycles. The van der Waals surface area contributed by atoms with Crippen LogP contribution >= 0.6 is 0 Å². The van der Waals surface area contributed by atoms with Crippen LogP contribution in [-0.2, 0) is 38.0 Å². The van der Waals surface area contributed by atoms with E-state index in [1.54, 1.807) is 46.6 Å². The van der Waals surface area contributed by atoms with E-state index in [9.17, 15) is 30.5 Å². The third-order valence-corrected chi connectivity index (χ3v) is 12.2. The van der Waals surface area contributed by atoms with Crippen LogP contribution < -0.4 is 0 Å². The Bertz CT molecular complexity index is 1320. The van der Waals surface area contributed by atoms with Gasteiger partial charge in [-0.1, -0.05) is 20.8 Å². The predicted octanol–water partition coefficient (Wildman–Crippen LogP) is 2.79. The number of carbonyl (C=O) groups excluding carboxylic acids is 1. The molecule has 52 heavy (non-hydrogen) atoms. The minimum atomic E-state index is -1.84. The zero-order valence-corrected chi connectivity index (χ0v) is 33.1. The number of methoxy groups -OCH3 is 1. The van der Waals surface area contributed by atoms with Gasteiger partial charge in [0.2, 0.25) is 0 Å². The molecule has 4 heterocycles. The second-order valence-corrected chi connectivity index (χ2v) is 16.5. The topological polar surface area (TPSA) is 190 Å². The zero-order valence-electron chi connectivity index (χ0n) is 33.1. The summed E-state index contributed by atoms with van der Waals surface area (Å²) in [5.41, 5.74) is -3.09. The van der Waals surface area contributed by atoms with E-state index in [4.69, 9.17) is 33.2 Å². The molecule has 0 aromatic carbocycles. The number of nitrogens with zero attached hydrogens (tertiary/aromatic N) is 2. The molecule has 0 aliphatic carbocycles. The number of esters is 1. The van der Waals surface area contributed by atoms with E-state index in [0.29, 0.717) is 18.6 Å². The molecule has 2 bridgehead atoms. The summed E-state index contributed by atoms with van der Waals surface area (Å²) in [7, 11) is 3.29. The molecule has 3 saturated heterocycles. The summed E-state index contributed by atoms with van der Waals surface area (Å²) in [4.78, 5) is 16.1. The van der Waals surface area contributed by atoms with Gasteiger partial charge in [0.25, 0.3) is 0 Å². The Hall–Kier alpha value is -1.90. The number of hydrogen-bond acceptors (Lipinski definition) is 14. The second kappa shape index (κ2) is 16.5. The molecular formula is C38H64N2O12. The Balaban J connectivity index is 1.83. The zero-order chi connectivity index (χ0) is 39.1. The number of aliphatic hydroxyl groups is 4. The highest BCUT2D eigenvalue weighted by Crippen LogP contribution is 2.48. The fraction of sp³-hybridized carbons (Fsp3) is 0.895. The van der Waals surface area contributed by atoms with Crippen molar-refractivity contribution >= 4 is 5.97 Å². The fourth-order valence-electron chi connectivity index (χ4n) is 8.88. The maximum absolute atomic E-state index is 14.3. The minimum Gasteiger partial charge on any atom is -0.488 e. The number of nitriles is 1. The monoisotopic (exact) mass is 740 g/mol. The van der Waals surface area contributed by atoms with Gasteiger partial charge < -0.3 is 53.6 Å². The van der Waals surface area contributed by atoms with Crippen LogP contribution in [0.15, 0.2) is 11.3 Å². The normalized spacial score (nSPS) is 45.0. The van der Waals surface area contributed by atoms with Gasteiger partial charge in [0.05, 0.1) is 54.5 Å². The molecule has 3 fully saturated rings. The second-order valence-electron chi connectivity index (χ2n) is 16.5. The molecule has 0 aromatic rings. The molecule has 4 aliphatic rings. The summed E-state index contributed by atoms with van der Waals surface area (Å²) in [6, 6.07) is 1.72. The summed E-state index contributed by atoms with van der Waals surface area (Å²) < 4.78 is 44.8. The van der Waals surface area contributed by atoms with Crippen LogP contribution in [0.4, 0.5) is 0 Å². The standard InChI is InChI=1S/C38H64N2O12/c1-13-26(41)38(10,45)33-21(4)29-19(2)17-37(9,52-29)32(51-35-28(42)25(16-20(3)47-35)40(11)15-14-39)22(5)30(23(6)34(44)50-33)49-27-18-36(8,46-12)31(43)24(7)48-27/h20-28,30-33,35,41-43,45H,13,15-18H2,1-12H3/t20?,21-,22-,23+,24?,25?,26-,27-,28?,30-,31-,32+,33+,35-,36?,37+,38+/m0/s1. The first kappa shape index (κ1) is 42.8. The van der Waals surface area contributed by atoms with Crippen molar-refractivity contribution in [1.82, 2.24) is 4.90 Å². The number of likely N-dealkylation sites (N-methyl/N-ethyl adjacent to an activating group) is 1. The Morgan fingerprint density at radius 2 is 1.77 bits per heavy atom. The number of hydrogen-bond donors (Lipinski definition) is 4. The maximum Gasteiger partial charge on any atom is 0.311 e. The van der Waals surface area contributed by atoms with Crippen molar-refractivity contribution in [3.8, 4) is 6.07 Å². The highest BCUT2D eigenvalue weighted by molar-refractivity contribution is 5.73. The van der Waals surface area contributed by atoms with Crippen molar-refractivity contribution in [2.75, 3.05) is 20.7 Å². The lowest BCUT2D eigenvalue weighted by molar-refractivity contribution is -0.316. The molecule has 14 heteroatoms. The Morgan fingerprint density at radius 3 is 2.37 bits per heavy atom. The first-order valence-electron chi connectivity index (χ1n) is 18.8. The van der Waals surface area contributed by atoms with E-state index in [2.05, 4.69) is 6.07 Å². The highest BCUT2D eigenvalue weighted by Gasteiger charge is 2.57. The van der Waals surface area contributed by atoms with Gasteiger partial charge in [0, 0.05) is 31.9 Å². The average molecular weight is 741 g/mol. The first-order valence-corrected chi connectivity index (χ1v) is 18.8. The van der Waals surface area contributed by atoms with Crippen molar-refractivity contribution in [2.45, 2.75) is 179 Å². The molecular weight excluding hydrogens is 676 g/mol. The number of rotatable bonds is 10. The number of cyclic esters (lactones) is 1. The van der Waals surface area contributed by atoms with E-state index in [-0.39, 0.29) is 25.5 Å². The summed E-state index contributed by atoms with van der Waals surface area (Å²) in [6.45, 7) is 17.9. The highest BCUT2D eigenvalue weighted by atomic mass is 16.7. The lowest BCUT2D eigenvalue weighted by Gasteiger charge is -2.48. The molecule has 4 N–H and O–H groups in total. The Kier molecular flexibility index (Phi) is 13.6. The molecule has 0 spiro atoms. The van der Waals surface area contributed by atoms with Gasteiger partial charge in [0.15, 0.2) is 12.6 Å². The molecule has 298 valence electrons. The molecule has 4 rings (SSSR count). The van der Waals surface area contributed by atoms with Gasteiger partial charge in [-0.2, -0.15) is 5.26 Å². The number of fused-ring (bicyclic) bond motifs is 2. The van der Waals surface area contributed by atoms with Crippen molar-refractivity contribution in [3.63, 3.8) is 0 Å². The number of carbonyl (C=O) groups is 1. The van der Waals surface area contributed by atoms with E-state index in [1.165, 1.54) is 14.0 Å². The van der Waals surface area contributed by atoms with E-state index >= 15 is 0 Å². The van der Waals surface area contributed by atoms with Crippen LogP contribution in [-0.4, -0.2) is 136 Å². The maximum atomic E-state index is 14.3. The number of aliphatic hydroxyl groups excluding tert-OH is 3. The molecule has 17 atom stereocenters. The van der Waals surface area contributed by atoms with Crippen LogP contribution in [0.1, 0.15) is 94.9 Å². The SMILES string of the molecule is CC[C@H](O)[C@@](C)(O)[C@@H]1OC(=O)[C@H](C)[C@@H](O[C@H]2CC(C)(OC)[C@@H](O)C(C)O2)[C@H](C)[C@@H](O[C@@H]2OC(C)CC(N(C)CC#N)C2O)[C@@]2(C)CC(C)=C(O2)[C@@H]1C. The van der Waals surface area contributed by atoms with Gasteiger partial charge in [-0.05, 0) is 73.9 Å². The Morgan fingerprint density at radius 1 is 1.12 bits per heavy atom. The van der Waals surface area contributed by atoms with Crippen molar-refractivity contribution in [2.24, 2.45) is 17.8 Å². The molecule has 0 radical (unpaired) electrons. The average Bonchev–Trinajstić information content (AvgIpc) is 3.40. The quantitative estimate of drug-likeness (QED) is 0.189. The molecule has 5 unspecified atom stereocenters. The van der Waals surface area contributed by atoms with Crippen LogP contribution in [0.3, 0.4) is 0 Å². The molecule has 0 amide bonds. The van der Waals surface area contributed by atoms with E-state index < -0.39 is 102 Å². The third kappa shape index (κ3) is 8.34. The summed E-state index contributed by atoms with van der Waals surface area (Å²) >= 11 is 0. The van der Waals surface area contributed by atoms with Gasteiger partial charge >= 0.3 is 5.97 Å². The molecule has 0 aromatic heterocycles. The van der Waals surface area contributed by atoms with Gasteiger partial charge in [0.1, 0.15) is 41.4 Å². The lowest BCUT2D eigenvalue weighted by atomic mass is 9.78. The third-order valence-electron chi connectivity index (χ3n) is 12.2. The van der Waals surface area contributed by atoms with Crippen LogP contribution in [0.5, 0.6) is 0 Å². The fourth-order valence-corrected chi connectivity index (χ4v) is 8.88. The number of ether oxygens (including phenoxy) is 7. The van der Waals surface area contributed by atoms with Gasteiger partial charge in [-0.3, -0.25) is 9.69 Å². The smallest absolute Gasteiger partial charge is 0.311 e. The van der Waals surface area contributed by atoms with Crippen molar-refractivity contribution in [1.29, 1.82) is 5.26 Å². The molecule has 0 saturated carbocycles. The van der Waals surface area contributed by atoms with Crippen LogP contribution in [0.25, 0.3) is 0 Å². The summed E-state index contributed by atoms with van der Waals surface area (Å²) in [5, 5.41) is 54.7. The van der Waals surface area contributed by atoms with E-state index in [0.717, 1.165) is 5.57 Å². The minimum absolute atomic E-state index is 0.105. The van der Waals surface area contributed by atoms with Crippen LogP contribution in [0.2, 0.25) is 0 Å². The summed E-state index contributed by atoms with van der Waals surface area (Å²) in [6.07, 6.45) is -8.06. The van der Waals surface area contributed by atoms with Gasteiger partial charge in [-0.25, -0.2) is 0 Å². The Labute approximate surface area is 309 Å². The van der Waals surface area contributed by atoms with Crippen molar-refractivity contribution < 1.29 is 58.4 Å². The van der Waals surface area contributed by atoms with Crippen molar-refractivity contribution in [3.05, 3.63) is 11.3 Å². The van der Waals surface area contributed by atoms with Crippen LogP contribution in [0, 0.1) is 29.1 Å². The lowest BCUT2D eigenvalue weighted by Crippen LogP contribution is -2.60. The first-order chi connectivity index (χ1) is 24.1. The molecule has 14 nitrogen and oxygen atoms in total. The largest absolute Gasteiger partial charge is 0.488 e. The predicted molar refractivity (Wildman–Crippen MR) is 188 cm³/mol.